The molecule has 1 aliphatic rings. The van der Waals surface area contributed by atoms with E-state index in [1.54, 1.807) is 41.0 Å². The van der Waals surface area contributed by atoms with Gasteiger partial charge in [-0.05, 0) is 25.1 Å². The van der Waals surface area contributed by atoms with Crippen molar-refractivity contribution in [3.63, 3.8) is 0 Å². The SMILES string of the molecule is CCn1cnc2c1c(=O)[nH]c(=O)n2Cc1cc(OC)c(CN2C(=O)c3ccccc3C2O)cc1OC. The van der Waals surface area contributed by atoms with Crippen molar-refractivity contribution < 1.29 is 19.4 Å². The highest BCUT2D eigenvalue weighted by molar-refractivity contribution is 5.98. The molecule has 1 amide bonds. The smallest absolute Gasteiger partial charge is 0.330 e. The fraction of sp³-hybridized carbons (Fsp3) is 0.280. The molecule has 0 saturated heterocycles. The van der Waals surface area contributed by atoms with Crippen LogP contribution >= 0.6 is 0 Å². The number of imidazole rings is 1. The molecule has 0 aliphatic carbocycles. The molecule has 4 aromatic rings. The van der Waals surface area contributed by atoms with Gasteiger partial charge in [-0.3, -0.25) is 19.1 Å². The van der Waals surface area contributed by atoms with Crippen LogP contribution in [0.2, 0.25) is 0 Å². The number of aryl methyl sites for hydroxylation is 1. The summed E-state index contributed by atoms with van der Waals surface area (Å²) in [5.74, 6) is 0.622. The molecule has 11 heteroatoms. The van der Waals surface area contributed by atoms with Crippen molar-refractivity contribution in [2.75, 3.05) is 14.2 Å². The van der Waals surface area contributed by atoms with Crippen LogP contribution in [0.4, 0.5) is 0 Å². The van der Waals surface area contributed by atoms with Crippen LogP contribution < -0.4 is 20.7 Å². The van der Waals surface area contributed by atoms with E-state index in [9.17, 15) is 19.5 Å². The average Bonchev–Trinajstić information content (AvgIpc) is 3.42. The number of nitrogens with one attached hydrogen (secondary N) is 1. The summed E-state index contributed by atoms with van der Waals surface area (Å²) < 4.78 is 14.2. The molecule has 0 bridgehead atoms. The molecule has 36 heavy (non-hydrogen) atoms. The van der Waals surface area contributed by atoms with Gasteiger partial charge in [-0.15, -0.1) is 0 Å². The number of fused-ring (bicyclic) bond motifs is 2. The van der Waals surface area contributed by atoms with Crippen molar-refractivity contribution in [1.82, 2.24) is 24.0 Å². The Balaban J connectivity index is 1.53. The normalized spacial score (nSPS) is 14.9. The molecule has 186 valence electrons. The third kappa shape index (κ3) is 3.64. The number of nitrogens with zero attached hydrogens (tertiary/aromatic N) is 4. The molecule has 2 N–H and O–H groups in total. The number of aliphatic hydroxyl groups excluding tert-OH is 1. The van der Waals surface area contributed by atoms with Gasteiger partial charge in [0.25, 0.3) is 11.5 Å². The minimum absolute atomic E-state index is 0.0589. The van der Waals surface area contributed by atoms with Crippen LogP contribution in [0, 0.1) is 0 Å². The first-order chi connectivity index (χ1) is 17.4. The van der Waals surface area contributed by atoms with E-state index in [1.807, 2.05) is 6.92 Å². The summed E-state index contributed by atoms with van der Waals surface area (Å²) in [5, 5.41) is 10.7. The number of ether oxygens (including phenoxy) is 2. The van der Waals surface area contributed by atoms with Gasteiger partial charge in [0.2, 0.25) is 0 Å². The monoisotopic (exact) mass is 491 g/mol. The lowest BCUT2D eigenvalue weighted by Crippen LogP contribution is -2.31. The van der Waals surface area contributed by atoms with Gasteiger partial charge in [0.05, 0.1) is 33.6 Å². The fourth-order valence-corrected chi connectivity index (χ4v) is 4.64. The molecule has 5 rings (SSSR count). The van der Waals surface area contributed by atoms with Crippen molar-refractivity contribution in [1.29, 1.82) is 0 Å². The van der Waals surface area contributed by atoms with Crippen molar-refractivity contribution in [3.05, 3.63) is 85.8 Å². The maximum absolute atomic E-state index is 12.9. The van der Waals surface area contributed by atoms with Crippen LogP contribution in [0.3, 0.4) is 0 Å². The number of hydrogen-bond acceptors (Lipinski definition) is 7. The highest BCUT2D eigenvalue weighted by atomic mass is 16.5. The average molecular weight is 492 g/mol. The van der Waals surface area contributed by atoms with E-state index in [4.69, 9.17) is 9.47 Å². The zero-order chi connectivity index (χ0) is 25.6. The van der Waals surface area contributed by atoms with Crippen molar-refractivity contribution in [3.8, 4) is 11.5 Å². The number of H-pyrrole nitrogens is 1. The molecule has 0 spiro atoms. The quantitative estimate of drug-likeness (QED) is 0.402. The van der Waals surface area contributed by atoms with Gasteiger partial charge in [0, 0.05) is 28.8 Å². The van der Waals surface area contributed by atoms with Crippen molar-refractivity contribution in [2.45, 2.75) is 32.8 Å². The standard InChI is InChI=1S/C25H25N5O6/c1-4-28-13-26-21-20(28)22(31)27-25(34)29(21)11-14-9-19(36-3)15(10-18(14)35-2)12-30-23(32)16-7-5-6-8-17(16)24(30)33/h5-10,13,23,32H,4,11-12H2,1-3H3,(H,27,31,34). The first kappa shape index (κ1) is 23.4. The van der Waals surface area contributed by atoms with Crippen LogP contribution in [-0.4, -0.2) is 49.2 Å². The van der Waals surface area contributed by atoms with Gasteiger partial charge in [0.15, 0.2) is 17.4 Å². The summed E-state index contributed by atoms with van der Waals surface area (Å²) in [6.07, 6.45) is 0.443. The van der Waals surface area contributed by atoms with E-state index in [0.29, 0.717) is 45.8 Å². The molecular weight excluding hydrogens is 466 g/mol. The summed E-state index contributed by atoms with van der Waals surface area (Å²) in [4.78, 5) is 46.0. The number of aromatic nitrogens is 4. The summed E-state index contributed by atoms with van der Waals surface area (Å²) >= 11 is 0. The second kappa shape index (κ2) is 9.00. The third-order valence-corrected chi connectivity index (χ3v) is 6.47. The molecule has 1 atom stereocenters. The predicted octanol–water partition coefficient (Wildman–Crippen LogP) is 1.62. The Morgan fingerprint density at radius 1 is 1.03 bits per heavy atom. The molecule has 11 nitrogen and oxygen atoms in total. The molecule has 0 radical (unpaired) electrons. The third-order valence-electron chi connectivity index (χ3n) is 6.47. The number of carbonyl (C=O) groups is 1. The van der Waals surface area contributed by atoms with E-state index >= 15 is 0 Å². The van der Waals surface area contributed by atoms with E-state index in [0.717, 1.165) is 0 Å². The molecule has 2 aromatic heterocycles. The van der Waals surface area contributed by atoms with Crippen molar-refractivity contribution in [2.24, 2.45) is 0 Å². The summed E-state index contributed by atoms with van der Waals surface area (Å²) in [6, 6.07) is 10.4. The van der Waals surface area contributed by atoms with Gasteiger partial charge in [0.1, 0.15) is 11.5 Å². The van der Waals surface area contributed by atoms with Crippen LogP contribution in [0.15, 0.2) is 52.3 Å². The zero-order valence-electron chi connectivity index (χ0n) is 20.0. The number of carbonyl (C=O) groups excluding carboxylic acids is 1. The number of aliphatic hydroxyl groups is 1. The molecule has 0 fully saturated rings. The topological polar surface area (TPSA) is 132 Å². The Kier molecular flexibility index (Phi) is 5.84. The highest BCUT2D eigenvalue weighted by Gasteiger charge is 2.35. The molecule has 1 aliphatic heterocycles. The number of benzene rings is 2. The predicted molar refractivity (Wildman–Crippen MR) is 130 cm³/mol. The lowest BCUT2D eigenvalue weighted by molar-refractivity contribution is 0.0134. The van der Waals surface area contributed by atoms with Crippen molar-refractivity contribution >= 4 is 17.1 Å². The van der Waals surface area contributed by atoms with E-state index in [1.165, 1.54) is 30.0 Å². The minimum atomic E-state index is -1.08. The lowest BCUT2D eigenvalue weighted by atomic mass is 10.1. The van der Waals surface area contributed by atoms with Gasteiger partial charge < -0.3 is 24.0 Å². The molecule has 1 unspecified atom stereocenters. The van der Waals surface area contributed by atoms with Crippen LogP contribution in [0.25, 0.3) is 11.2 Å². The Labute approximate surface area is 205 Å². The van der Waals surface area contributed by atoms with E-state index in [2.05, 4.69) is 9.97 Å². The van der Waals surface area contributed by atoms with E-state index < -0.39 is 17.5 Å². The van der Waals surface area contributed by atoms with E-state index in [-0.39, 0.29) is 24.6 Å². The fourth-order valence-electron chi connectivity index (χ4n) is 4.64. The zero-order valence-corrected chi connectivity index (χ0v) is 20.0. The summed E-state index contributed by atoms with van der Waals surface area (Å²) in [7, 11) is 3.00. The molecular formula is C25H25N5O6. The van der Waals surface area contributed by atoms with Gasteiger partial charge in [-0.2, -0.15) is 0 Å². The minimum Gasteiger partial charge on any atom is -0.496 e. The second-order valence-electron chi connectivity index (χ2n) is 8.42. The molecule has 0 saturated carbocycles. The Morgan fingerprint density at radius 3 is 2.33 bits per heavy atom. The number of methoxy groups -OCH3 is 2. The maximum atomic E-state index is 12.9. The second-order valence-corrected chi connectivity index (χ2v) is 8.42. The number of hydrogen-bond donors (Lipinski definition) is 2. The van der Waals surface area contributed by atoms with Crippen LogP contribution in [-0.2, 0) is 19.6 Å². The first-order valence-electron chi connectivity index (χ1n) is 11.4. The summed E-state index contributed by atoms with van der Waals surface area (Å²) in [6.45, 7) is 2.54. The Bertz CT molecular complexity index is 1600. The largest absolute Gasteiger partial charge is 0.496 e. The summed E-state index contributed by atoms with van der Waals surface area (Å²) in [5.41, 5.74) is 1.71. The lowest BCUT2D eigenvalue weighted by Gasteiger charge is -2.23. The maximum Gasteiger partial charge on any atom is 0.330 e. The Morgan fingerprint density at radius 2 is 1.69 bits per heavy atom. The number of aromatic amines is 1. The van der Waals surface area contributed by atoms with Gasteiger partial charge >= 0.3 is 5.69 Å². The van der Waals surface area contributed by atoms with Gasteiger partial charge in [-0.1, -0.05) is 18.2 Å². The van der Waals surface area contributed by atoms with Crippen LogP contribution in [0.5, 0.6) is 11.5 Å². The number of rotatable bonds is 7. The first-order valence-corrected chi connectivity index (χ1v) is 11.4. The highest BCUT2D eigenvalue weighted by Crippen LogP contribution is 2.36. The Hall–Kier alpha value is -4.38. The number of amides is 1. The van der Waals surface area contributed by atoms with Crippen LogP contribution in [0.1, 0.15) is 40.2 Å². The van der Waals surface area contributed by atoms with Gasteiger partial charge in [-0.25, -0.2) is 9.78 Å². The molecule has 3 heterocycles. The molecule has 2 aromatic carbocycles.